The summed E-state index contributed by atoms with van der Waals surface area (Å²) >= 11 is 6.92. The number of halogens is 1. The summed E-state index contributed by atoms with van der Waals surface area (Å²) in [4.78, 5) is 42.1. The average molecular weight is 547 g/mol. The summed E-state index contributed by atoms with van der Waals surface area (Å²) in [5, 5.41) is 8.86. The molecule has 0 radical (unpaired) electrons. The van der Waals surface area contributed by atoms with Gasteiger partial charge in [-0.3, -0.25) is 14.3 Å². The van der Waals surface area contributed by atoms with Crippen molar-refractivity contribution in [2.24, 2.45) is 5.92 Å². The lowest BCUT2D eigenvalue weighted by molar-refractivity contribution is -0.107. The largest absolute Gasteiger partial charge is 0.387 e. The highest BCUT2D eigenvalue weighted by Crippen LogP contribution is 2.30. The van der Waals surface area contributed by atoms with Gasteiger partial charge in [-0.25, -0.2) is 18.9 Å². The number of amides is 4. The van der Waals surface area contributed by atoms with Crippen molar-refractivity contribution in [1.82, 2.24) is 9.71 Å². The number of imide groups is 1. The van der Waals surface area contributed by atoms with Gasteiger partial charge in [-0.05, 0) is 61.2 Å². The van der Waals surface area contributed by atoms with E-state index in [9.17, 15) is 18.6 Å². The molecule has 1 aliphatic carbocycles. The van der Waals surface area contributed by atoms with Gasteiger partial charge < -0.3 is 16.0 Å². The monoisotopic (exact) mass is 546 g/mol. The summed E-state index contributed by atoms with van der Waals surface area (Å²) < 4.78 is 15.3. The van der Waals surface area contributed by atoms with Gasteiger partial charge in [0.2, 0.25) is 6.41 Å². The molecule has 2 heterocycles. The summed E-state index contributed by atoms with van der Waals surface area (Å²) in [7, 11) is -0.0706. The molecule has 1 aliphatic rings. The van der Waals surface area contributed by atoms with Crippen LogP contribution in [0, 0.1) is 5.92 Å². The number of aromatic nitrogens is 1. The number of pyridine rings is 1. The predicted molar refractivity (Wildman–Crippen MR) is 142 cm³/mol. The number of thiophene rings is 1. The molecule has 1 aromatic carbocycles. The first kappa shape index (κ1) is 25.6. The molecule has 0 saturated heterocycles. The van der Waals surface area contributed by atoms with Crippen molar-refractivity contribution in [2.75, 3.05) is 34.4 Å². The van der Waals surface area contributed by atoms with Crippen molar-refractivity contribution in [1.29, 1.82) is 0 Å². The van der Waals surface area contributed by atoms with Gasteiger partial charge in [-0.1, -0.05) is 11.6 Å². The Hall–Kier alpha value is -3.48. The molecular formula is C23H23ClN6O4S2. The van der Waals surface area contributed by atoms with E-state index in [0.29, 0.717) is 32.1 Å². The lowest BCUT2D eigenvalue weighted by Crippen LogP contribution is -2.31. The molecule has 1 atom stereocenters. The minimum atomic E-state index is -1.77. The van der Waals surface area contributed by atoms with Crippen LogP contribution in [-0.2, 0) is 15.8 Å². The molecule has 13 heteroatoms. The first-order valence-electron chi connectivity index (χ1n) is 10.9. The van der Waals surface area contributed by atoms with Gasteiger partial charge in [0.05, 0.1) is 21.8 Å². The minimum Gasteiger partial charge on any atom is -0.387 e. The summed E-state index contributed by atoms with van der Waals surface area (Å²) in [5.74, 6) is 0.224. The van der Waals surface area contributed by atoms with Gasteiger partial charge in [0, 0.05) is 25.0 Å². The molecular weight excluding hydrogens is 524 g/mol. The first-order chi connectivity index (χ1) is 17.4. The zero-order valence-electron chi connectivity index (χ0n) is 19.1. The van der Waals surface area contributed by atoms with Crippen LogP contribution in [0.2, 0.25) is 4.34 Å². The molecule has 10 nitrogen and oxygen atoms in total. The van der Waals surface area contributed by atoms with Crippen molar-refractivity contribution >= 4 is 75.2 Å². The molecule has 0 spiro atoms. The summed E-state index contributed by atoms with van der Waals surface area (Å²) in [6.07, 6.45) is 4.13. The summed E-state index contributed by atoms with van der Waals surface area (Å²) in [5.41, 5.74) is 2.04. The van der Waals surface area contributed by atoms with Crippen LogP contribution in [0.5, 0.6) is 0 Å². The van der Waals surface area contributed by atoms with E-state index in [1.807, 2.05) is 6.07 Å². The van der Waals surface area contributed by atoms with E-state index in [1.165, 1.54) is 31.2 Å². The van der Waals surface area contributed by atoms with Crippen molar-refractivity contribution in [3.05, 3.63) is 58.6 Å². The molecule has 4 amide bonds. The second-order valence-electron chi connectivity index (χ2n) is 7.90. The molecule has 1 saturated carbocycles. The van der Waals surface area contributed by atoms with Gasteiger partial charge in [0.25, 0.3) is 5.91 Å². The van der Waals surface area contributed by atoms with Crippen LogP contribution in [-0.4, -0.2) is 41.1 Å². The van der Waals surface area contributed by atoms with E-state index < -0.39 is 22.9 Å². The third-order valence-electron chi connectivity index (χ3n) is 5.30. The number of hydrogen-bond acceptors (Lipinski definition) is 8. The van der Waals surface area contributed by atoms with E-state index in [0.717, 1.165) is 28.5 Å². The maximum absolute atomic E-state index is 13.1. The SMILES string of the molecule is CNc1cc(NCC2CC2)ccc1C(=O)N(C=O)c1ccc(NC(=O)NS(=O)c2ccc(Cl)s2)cn1. The molecule has 1 fully saturated rings. The number of urea groups is 1. The third-order valence-corrected chi connectivity index (χ3v) is 7.91. The highest BCUT2D eigenvalue weighted by atomic mass is 35.5. The number of carbonyl (C=O) groups excluding carboxylic acids is 3. The van der Waals surface area contributed by atoms with Crippen LogP contribution < -0.4 is 25.6 Å². The Bertz CT molecular complexity index is 1300. The fourth-order valence-electron chi connectivity index (χ4n) is 3.26. The topological polar surface area (TPSA) is 133 Å². The van der Waals surface area contributed by atoms with Gasteiger partial charge in [0.15, 0.2) is 11.0 Å². The number of nitrogens with one attached hydrogen (secondary N) is 4. The van der Waals surface area contributed by atoms with Crippen molar-refractivity contribution in [3.63, 3.8) is 0 Å². The Balaban J connectivity index is 1.41. The van der Waals surface area contributed by atoms with Gasteiger partial charge in [-0.2, -0.15) is 0 Å². The van der Waals surface area contributed by atoms with Crippen LogP contribution >= 0.6 is 22.9 Å². The van der Waals surface area contributed by atoms with Crippen LogP contribution in [0.25, 0.3) is 0 Å². The van der Waals surface area contributed by atoms with Crippen molar-refractivity contribution in [3.8, 4) is 0 Å². The fraction of sp³-hybridized carbons (Fsp3) is 0.217. The Kier molecular flexibility index (Phi) is 8.18. The van der Waals surface area contributed by atoms with Crippen LogP contribution in [0.1, 0.15) is 23.2 Å². The van der Waals surface area contributed by atoms with Crippen molar-refractivity contribution in [2.45, 2.75) is 17.1 Å². The second kappa shape index (κ2) is 11.5. The highest BCUT2D eigenvalue weighted by molar-refractivity contribution is 7.86. The van der Waals surface area contributed by atoms with Crippen molar-refractivity contribution < 1.29 is 18.6 Å². The number of benzene rings is 1. The van der Waals surface area contributed by atoms with E-state index in [4.69, 9.17) is 11.6 Å². The lowest BCUT2D eigenvalue weighted by Gasteiger charge is -2.18. The van der Waals surface area contributed by atoms with Crippen LogP contribution in [0.4, 0.5) is 27.7 Å². The molecule has 0 bridgehead atoms. The van der Waals surface area contributed by atoms with E-state index >= 15 is 0 Å². The first-order valence-corrected chi connectivity index (χ1v) is 13.3. The van der Waals surface area contributed by atoms with Gasteiger partial charge in [0.1, 0.15) is 10.0 Å². The molecule has 1 unspecified atom stereocenters. The Morgan fingerprint density at radius 1 is 1.19 bits per heavy atom. The molecule has 0 aliphatic heterocycles. The lowest BCUT2D eigenvalue weighted by atomic mass is 10.1. The Labute approximate surface area is 219 Å². The van der Waals surface area contributed by atoms with E-state index in [-0.39, 0.29) is 11.5 Å². The standard InChI is InChI=1S/C23H23ClN6O4S2/c1-25-18-10-15(26-11-14-2-3-14)4-6-17(18)22(32)30(13-31)20-8-5-16(12-27-20)28-23(33)29-36(34)21-9-7-19(24)35-21/h4-10,12-14,25-26H,2-3,11H2,1H3,(H2,28,29,33). The highest BCUT2D eigenvalue weighted by Gasteiger charge is 2.23. The number of rotatable bonds is 10. The number of anilines is 4. The summed E-state index contributed by atoms with van der Waals surface area (Å²) in [6, 6.07) is 10.6. The normalized spacial score (nSPS) is 13.4. The molecule has 2 aromatic heterocycles. The van der Waals surface area contributed by atoms with Gasteiger partial charge in [-0.15, -0.1) is 11.3 Å². The molecule has 4 N–H and O–H groups in total. The predicted octanol–water partition coefficient (Wildman–Crippen LogP) is 4.31. The number of hydrogen-bond donors (Lipinski definition) is 4. The van der Waals surface area contributed by atoms with Crippen LogP contribution in [0.15, 0.2) is 52.9 Å². The summed E-state index contributed by atoms with van der Waals surface area (Å²) in [6.45, 7) is 0.886. The second-order valence-corrected chi connectivity index (χ2v) is 11.1. The number of carbonyl (C=O) groups is 3. The zero-order valence-corrected chi connectivity index (χ0v) is 21.5. The Morgan fingerprint density at radius 3 is 2.58 bits per heavy atom. The third kappa shape index (κ3) is 6.39. The Morgan fingerprint density at radius 2 is 1.97 bits per heavy atom. The zero-order chi connectivity index (χ0) is 25.7. The fourth-order valence-corrected chi connectivity index (χ4v) is 5.38. The minimum absolute atomic E-state index is 0.0794. The van der Waals surface area contributed by atoms with Gasteiger partial charge >= 0.3 is 6.03 Å². The quantitative estimate of drug-likeness (QED) is 0.278. The molecule has 188 valence electrons. The molecule has 4 rings (SSSR count). The number of nitrogens with zero attached hydrogens (tertiary/aromatic N) is 2. The smallest absolute Gasteiger partial charge is 0.331 e. The maximum Gasteiger partial charge on any atom is 0.331 e. The molecule has 36 heavy (non-hydrogen) atoms. The molecule has 3 aromatic rings. The maximum atomic E-state index is 13.1. The van der Waals surface area contributed by atoms with Crippen LogP contribution in [0.3, 0.4) is 0 Å². The van der Waals surface area contributed by atoms with E-state index in [2.05, 4.69) is 25.7 Å². The van der Waals surface area contributed by atoms with E-state index in [1.54, 1.807) is 31.3 Å². The average Bonchev–Trinajstić information content (AvgIpc) is 3.61.